The van der Waals surface area contributed by atoms with E-state index in [4.69, 9.17) is 14.2 Å². The third kappa shape index (κ3) is 6.84. The molecule has 1 unspecified atom stereocenters. The molecule has 0 aliphatic heterocycles. The van der Waals surface area contributed by atoms with Crippen molar-refractivity contribution in [2.75, 3.05) is 19.0 Å². The van der Waals surface area contributed by atoms with Crippen molar-refractivity contribution in [2.24, 2.45) is 0 Å². The van der Waals surface area contributed by atoms with E-state index in [2.05, 4.69) is 10.6 Å². The molecule has 0 saturated carbocycles. The highest BCUT2D eigenvalue weighted by Gasteiger charge is 2.19. The van der Waals surface area contributed by atoms with Crippen molar-refractivity contribution < 1.29 is 28.6 Å². The Hall–Kier alpha value is -3.55. The average molecular weight is 400 g/mol. The Balaban J connectivity index is 1.76. The molecule has 0 bridgehead atoms. The maximum Gasteiger partial charge on any atom is 0.347 e. The Labute approximate surface area is 169 Å². The van der Waals surface area contributed by atoms with Crippen LogP contribution in [0.1, 0.15) is 18.1 Å². The lowest BCUT2D eigenvalue weighted by molar-refractivity contribution is -0.154. The van der Waals surface area contributed by atoms with Gasteiger partial charge in [0.1, 0.15) is 11.5 Å². The van der Waals surface area contributed by atoms with Crippen LogP contribution >= 0.6 is 0 Å². The van der Waals surface area contributed by atoms with Gasteiger partial charge in [0.15, 0.2) is 12.7 Å². The first-order valence-electron chi connectivity index (χ1n) is 8.94. The number of carbonyl (C=O) groups excluding carboxylic acids is 3. The Morgan fingerprint density at radius 1 is 1.00 bits per heavy atom. The number of anilines is 1. The highest BCUT2D eigenvalue weighted by Crippen LogP contribution is 2.18. The van der Waals surface area contributed by atoms with Crippen LogP contribution in [0.2, 0.25) is 0 Å². The van der Waals surface area contributed by atoms with E-state index in [1.807, 2.05) is 26.0 Å². The van der Waals surface area contributed by atoms with Crippen molar-refractivity contribution in [3.63, 3.8) is 0 Å². The molecule has 29 heavy (non-hydrogen) atoms. The van der Waals surface area contributed by atoms with Crippen LogP contribution in [0.4, 0.5) is 10.5 Å². The largest absolute Gasteiger partial charge is 0.497 e. The Morgan fingerprint density at radius 2 is 1.66 bits per heavy atom. The molecule has 8 nitrogen and oxygen atoms in total. The minimum Gasteiger partial charge on any atom is -0.497 e. The summed E-state index contributed by atoms with van der Waals surface area (Å²) >= 11 is 0. The zero-order valence-electron chi connectivity index (χ0n) is 16.8. The van der Waals surface area contributed by atoms with Crippen LogP contribution in [0, 0.1) is 13.8 Å². The summed E-state index contributed by atoms with van der Waals surface area (Å²) in [6, 6.07) is 11.5. The first kappa shape index (κ1) is 21.7. The number of methoxy groups -OCH3 is 1. The standard InChI is InChI=1S/C21H24N2O6/c1-13-5-10-18(14(2)11-13)22-21(26)23-19(24)12-28-20(25)15(3)29-17-8-6-16(27-4)7-9-17/h5-11,15H,12H2,1-4H3,(H2,22,23,24,26). The van der Waals surface area contributed by atoms with Gasteiger partial charge in [-0.15, -0.1) is 0 Å². The van der Waals surface area contributed by atoms with Crippen molar-refractivity contribution in [3.8, 4) is 11.5 Å². The number of hydrogen-bond donors (Lipinski definition) is 2. The fourth-order valence-corrected chi connectivity index (χ4v) is 2.43. The number of imide groups is 1. The van der Waals surface area contributed by atoms with Gasteiger partial charge in [0.25, 0.3) is 5.91 Å². The Bertz CT molecular complexity index is 879. The van der Waals surface area contributed by atoms with E-state index in [-0.39, 0.29) is 0 Å². The van der Waals surface area contributed by atoms with Gasteiger partial charge >= 0.3 is 12.0 Å². The van der Waals surface area contributed by atoms with Crippen LogP contribution in [-0.4, -0.2) is 37.7 Å². The molecular weight excluding hydrogens is 376 g/mol. The number of urea groups is 1. The number of amides is 3. The van der Waals surface area contributed by atoms with Crippen LogP contribution < -0.4 is 20.1 Å². The van der Waals surface area contributed by atoms with Gasteiger partial charge in [0.2, 0.25) is 0 Å². The first-order chi connectivity index (χ1) is 13.8. The number of esters is 1. The number of ether oxygens (including phenoxy) is 3. The molecule has 154 valence electrons. The summed E-state index contributed by atoms with van der Waals surface area (Å²) in [7, 11) is 1.54. The van der Waals surface area contributed by atoms with E-state index in [9.17, 15) is 14.4 Å². The van der Waals surface area contributed by atoms with Gasteiger partial charge in [-0.2, -0.15) is 0 Å². The van der Waals surface area contributed by atoms with E-state index in [1.54, 1.807) is 37.4 Å². The lowest BCUT2D eigenvalue weighted by Gasteiger charge is -2.14. The van der Waals surface area contributed by atoms with Crippen molar-refractivity contribution >= 4 is 23.6 Å². The second-order valence-corrected chi connectivity index (χ2v) is 6.36. The lowest BCUT2D eigenvalue weighted by atomic mass is 10.1. The van der Waals surface area contributed by atoms with Crippen LogP contribution in [0.5, 0.6) is 11.5 Å². The maximum absolute atomic E-state index is 12.0. The molecule has 0 spiro atoms. The van der Waals surface area contributed by atoms with Gasteiger partial charge in [0, 0.05) is 5.69 Å². The summed E-state index contributed by atoms with van der Waals surface area (Å²) in [5.41, 5.74) is 2.50. The SMILES string of the molecule is COc1ccc(OC(C)C(=O)OCC(=O)NC(=O)Nc2ccc(C)cc2C)cc1. The average Bonchev–Trinajstić information content (AvgIpc) is 2.68. The number of benzene rings is 2. The van der Waals surface area contributed by atoms with Gasteiger partial charge in [-0.05, 0) is 56.7 Å². The normalized spacial score (nSPS) is 11.2. The highest BCUT2D eigenvalue weighted by molar-refractivity contribution is 6.02. The molecule has 0 saturated heterocycles. The minimum absolute atomic E-state index is 0.451. The van der Waals surface area contributed by atoms with Crippen LogP contribution in [0.25, 0.3) is 0 Å². The molecule has 3 amide bonds. The molecular formula is C21H24N2O6. The van der Waals surface area contributed by atoms with Gasteiger partial charge in [-0.25, -0.2) is 9.59 Å². The fraction of sp³-hybridized carbons (Fsp3) is 0.286. The molecule has 0 radical (unpaired) electrons. The van der Waals surface area contributed by atoms with Gasteiger partial charge in [-0.1, -0.05) is 17.7 Å². The van der Waals surface area contributed by atoms with Crippen LogP contribution in [-0.2, 0) is 14.3 Å². The van der Waals surface area contributed by atoms with Crippen LogP contribution in [0.3, 0.4) is 0 Å². The van der Waals surface area contributed by atoms with Crippen molar-refractivity contribution in [1.29, 1.82) is 0 Å². The number of nitrogens with one attached hydrogen (secondary N) is 2. The van der Waals surface area contributed by atoms with Gasteiger partial charge in [0.05, 0.1) is 7.11 Å². The smallest absolute Gasteiger partial charge is 0.347 e. The second-order valence-electron chi connectivity index (χ2n) is 6.36. The molecule has 0 aliphatic rings. The highest BCUT2D eigenvalue weighted by atomic mass is 16.6. The first-order valence-corrected chi connectivity index (χ1v) is 8.94. The van der Waals surface area contributed by atoms with E-state index in [0.29, 0.717) is 17.2 Å². The molecule has 8 heteroatoms. The summed E-state index contributed by atoms with van der Waals surface area (Å²) in [5.74, 6) is -0.376. The number of aryl methyl sites for hydroxylation is 2. The monoisotopic (exact) mass is 400 g/mol. The number of hydrogen-bond acceptors (Lipinski definition) is 6. The molecule has 2 N–H and O–H groups in total. The van der Waals surface area contributed by atoms with E-state index in [0.717, 1.165) is 11.1 Å². The molecule has 0 aromatic heterocycles. The minimum atomic E-state index is -0.930. The van der Waals surface area contributed by atoms with Crippen molar-refractivity contribution in [3.05, 3.63) is 53.6 Å². The fourth-order valence-electron chi connectivity index (χ4n) is 2.43. The number of carbonyl (C=O) groups is 3. The second kappa shape index (κ2) is 10.1. The molecule has 0 fully saturated rings. The molecule has 2 aromatic rings. The predicted molar refractivity (Wildman–Crippen MR) is 107 cm³/mol. The van der Waals surface area contributed by atoms with Gasteiger partial charge in [-0.3, -0.25) is 10.1 Å². The lowest BCUT2D eigenvalue weighted by Crippen LogP contribution is -2.38. The third-order valence-corrected chi connectivity index (χ3v) is 3.93. The summed E-state index contributed by atoms with van der Waals surface area (Å²) in [6.45, 7) is 4.68. The van der Waals surface area contributed by atoms with E-state index >= 15 is 0 Å². The van der Waals surface area contributed by atoms with E-state index < -0.39 is 30.6 Å². The van der Waals surface area contributed by atoms with Gasteiger partial charge < -0.3 is 19.5 Å². The topological polar surface area (TPSA) is 103 Å². The predicted octanol–water partition coefficient (Wildman–Crippen LogP) is 2.97. The summed E-state index contributed by atoms with van der Waals surface area (Å²) < 4.78 is 15.4. The van der Waals surface area contributed by atoms with Crippen molar-refractivity contribution in [1.82, 2.24) is 5.32 Å². The van der Waals surface area contributed by atoms with Crippen LogP contribution in [0.15, 0.2) is 42.5 Å². The molecule has 1 atom stereocenters. The summed E-state index contributed by atoms with van der Waals surface area (Å²) in [5, 5.41) is 4.68. The number of rotatable bonds is 7. The van der Waals surface area contributed by atoms with Crippen molar-refractivity contribution in [2.45, 2.75) is 26.9 Å². The summed E-state index contributed by atoms with van der Waals surface area (Å²) in [4.78, 5) is 35.7. The van der Waals surface area contributed by atoms with E-state index in [1.165, 1.54) is 6.92 Å². The Kier molecular flexibility index (Phi) is 7.59. The third-order valence-electron chi connectivity index (χ3n) is 3.93. The summed E-state index contributed by atoms with van der Waals surface area (Å²) in [6.07, 6.45) is -0.930. The molecule has 2 rings (SSSR count). The molecule has 0 heterocycles. The maximum atomic E-state index is 12.0. The quantitative estimate of drug-likeness (QED) is 0.693. The zero-order chi connectivity index (χ0) is 21.4. The Morgan fingerprint density at radius 3 is 2.28 bits per heavy atom. The molecule has 0 aliphatic carbocycles. The zero-order valence-corrected chi connectivity index (χ0v) is 16.8. The molecule has 2 aromatic carbocycles.